The number of amides is 1. The summed E-state index contributed by atoms with van der Waals surface area (Å²) in [6.07, 6.45) is 0. The molecule has 0 saturated carbocycles. The number of aromatic nitrogens is 4. The van der Waals surface area contributed by atoms with Crippen LogP contribution in [-0.4, -0.2) is 62.1 Å². The summed E-state index contributed by atoms with van der Waals surface area (Å²) in [6, 6.07) is 17.3. The van der Waals surface area contributed by atoms with Gasteiger partial charge in [0.2, 0.25) is 0 Å². The summed E-state index contributed by atoms with van der Waals surface area (Å²) in [7, 11) is 0. The molecule has 5 rings (SSSR count). The van der Waals surface area contributed by atoms with Crippen molar-refractivity contribution in [3.05, 3.63) is 83.7 Å². The predicted molar refractivity (Wildman–Crippen MR) is 114 cm³/mol. The highest BCUT2D eigenvalue weighted by atomic mass is 19.2. The first kappa shape index (κ1) is 20.2. The molecule has 0 N–H and O–H groups in total. The maximum atomic E-state index is 13.6. The Labute approximate surface area is 182 Å². The van der Waals surface area contributed by atoms with Crippen LogP contribution in [0.4, 0.5) is 8.78 Å². The number of carbonyl (C=O) groups is 1. The molecule has 0 unspecified atom stereocenters. The molecular formula is C23H20F2N6O. The topological polar surface area (TPSA) is 67.2 Å². The van der Waals surface area contributed by atoms with Crippen LogP contribution in [-0.2, 0) is 6.54 Å². The number of carbonyl (C=O) groups excluding carboxylic acids is 1. The van der Waals surface area contributed by atoms with Gasteiger partial charge in [0.05, 0.1) is 12.2 Å². The highest BCUT2D eigenvalue weighted by Crippen LogP contribution is 2.19. The van der Waals surface area contributed by atoms with Crippen molar-refractivity contribution in [3.63, 3.8) is 0 Å². The Morgan fingerprint density at radius 1 is 0.875 bits per heavy atom. The van der Waals surface area contributed by atoms with Crippen molar-refractivity contribution in [2.45, 2.75) is 6.54 Å². The van der Waals surface area contributed by atoms with Crippen molar-refractivity contribution >= 4 is 16.7 Å². The van der Waals surface area contributed by atoms with Crippen LogP contribution in [0.15, 0.2) is 60.7 Å². The van der Waals surface area contributed by atoms with Crippen molar-refractivity contribution in [2.24, 2.45) is 0 Å². The second-order valence-corrected chi connectivity index (χ2v) is 7.74. The van der Waals surface area contributed by atoms with Crippen molar-refractivity contribution < 1.29 is 13.6 Å². The van der Waals surface area contributed by atoms with Gasteiger partial charge in [0, 0.05) is 37.8 Å². The quantitative estimate of drug-likeness (QED) is 0.494. The van der Waals surface area contributed by atoms with Gasteiger partial charge in [0.15, 0.2) is 17.5 Å². The molecule has 0 aliphatic carbocycles. The van der Waals surface area contributed by atoms with E-state index in [1.807, 2.05) is 47.4 Å². The van der Waals surface area contributed by atoms with E-state index in [0.717, 1.165) is 22.9 Å². The van der Waals surface area contributed by atoms with Crippen LogP contribution in [0.3, 0.4) is 0 Å². The lowest BCUT2D eigenvalue weighted by atomic mass is 10.1. The Hall–Kier alpha value is -3.72. The molecule has 1 aliphatic rings. The average Bonchev–Trinajstić information content (AvgIpc) is 3.28. The molecule has 3 aromatic carbocycles. The fraction of sp³-hybridized carbons (Fsp3) is 0.217. The first-order chi connectivity index (χ1) is 15.6. The number of nitrogens with zero attached hydrogens (tertiary/aromatic N) is 6. The van der Waals surface area contributed by atoms with Crippen molar-refractivity contribution in [3.8, 4) is 5.69 Å². The molecule has 0 spiro atoms. The highest BCUT2D eigenvalue weighted by molar-refractivity contribution is 5.98. The van der Waals surface area contributed by atoms with Crippen LogP contribution in [0.25, 0.3) is 16.5 Å². The van der Waals surface area contributed by atoms with E-state index in [1.165, 1.54) is 10.7 Å². The predicted octanol–water partition coefficient (Wildman–Crippen LogP) is 3.05. The Kier molecular flexibility index (Phi) is 5.32. The van der Waals surface area contributed by atoms with E-state index in [2.05, 4.69) is 20.4 Å². The SMILES string of the molecule is O=C(c1ccc2ccccc2c1)N1CCN(Cc2nnnn2-c2ccc(F)c(F)c2)CC1. The molecule has 0 radical (unpaired) electrons. The first-order valence-corrected chi connectivity index (χ1v) is 10.3. The Morgan fingerprint density at radius 2 is 1.66 bits per heavy atom. The van der Waals surface area contributed by atoms with Crippen molar-refractivity contribution in [2.75, 3.05) is 26.2 Å². The van der Waals surface area contributed by atoms with E-state index < -0.39 is 11.6 Å². The average molecular weight is 434 g/mol. The lowest BCUT2D eigenvalue weighted by Crippen LogP contribution is -2.48. The maximum Gasteiger partial charge on any atom is 0.253 e. The zero-order valence-electron chi connectivity index (χ0n) is 17.2. The smallest absolute Gasteiger partial charge is 0.253 e. The number of fused-ring (bicyclic) bond motifs is 1. The molecule has 1 fully saturated rings. The molecule has 1 aromatic heterocycles. The number of piperazine rings is 1. The number of halogens is 2. The standard InChI is InChI=1S/C23H20F2N6O/c24-20-8-7-19(14-21(20)25)31-22(26-27-28-31)15-29-9-11-30(12-10-29)23(32)18-6-5-16-3-1-2-4-17(16)13-18/h1-8,13-14H,9-12,15H2. The van der Waals surface area contributed by atoms with E-state index in [0.29, 0.717) is 49.8 Å². The molecule has 162 valence electrons. The van der Waals surface area contributed by atoms with Crippen LogP contribution >= 0.6 is 0 Å². The molecule has 0 atom stereocenters. The Morgan fingerprint density at radius 3 is 2.44 bits per heavy atom. The van der Waals surface area contributed by atoms with E-state index in [-0.39, 0.29) is 5.91 Å². The van der Waals surface area contributed by atoms with Crippen LogP contribution in [0, 0.1) is 11.6 Å². The minimum Gasteiger partial charge on any atom is -0.336 e. The van der Waals surface area contributed by atoms with Gasteiger partial charge in [0.25, 0.3) is 5.91 Å². The fourth-order valence-corrected chi connectivity index (χ4v) is 3.94. The van der Waals surface area contributed by atoms with Gasteiger partial charge >= 0.3 is 0 Å². The monoisotopic (exact) mass is 434 g/mol. The number of rotatable bonds is 4. The summed E-state index contributed by atoms with van der Waals surface area (Å²) in [5.41, 5.74) is 1.04. The molecule has 2 heterocycles. The molecule has 4 aromatic rings. The number of hydrogen-bond acceptors (Lipinski definition) is 5. The summed E-state index contributed by atoms with van der Waals surface area (Å²) in [4.78, 5) is 16.9. The summed E-state index contributed by atoms with van der Waals surface area (Å²) in [5, 5.41) is 13.8. The van der Waals surface area contributed by atoms with Crippen LogP contribution < -0.4 is 0 Å². The number of tetrazole rings is 1. The second-order valence-electron chi connectivity index (χ2n) is 7.74. The fourth-order valence-electron chi connectivity index (χ4n) is 3.94. The van der Waals surface area contributed by atoms with Gasteiger partial charge < -0.3 is 4.90 Å². The molecule has 9 heteroatoms. The van der Waals surface area contributed by atoms with Gasteiger partial charge in [-0.1, -0.05) is 30.3 Å². The maximum absolute atomic E-state index is 13.6. The normalized spacial score (nSPS) is 14.8. The van der Waals surface area contributed by atoms with E-state index >= 15 is 0 Å². The zero-order valence-corrected chi connectivity index (χ0v) is 17.2. The molecule has 7 nitrogen and oxygen atoms in total. The molecular weight excluding hydrogens is 414 g/mol. The van der Waals surface area contributed by atoms with Crippen molar-refractivity contribution in [1.82, 2.24) is 30.0 Å². The molecule has 1 amide bonds. The van der Waals surface area contributed by atoms with Gasteiger partial charge in [-0.3, -0.25) is 9.69 Å². The third-order valence-electron chi connectivity index (χ3n) is 5.70. The van der Waals surface area contributed by atoms with Gasteiger partial charge in [-0.25, -0.2) is 8.78 Å². The number of benzene rings is 3. The summed E-state index contributed by atoms with van der Waals surface area (Å²) >= 11 is 0. The van der Waals surface area contributed by atoms with Gasteiger partial charge in [0.1, 0.15) is 0 Å². The lowest BCUT2D eigenvalue weighted by Gasteiger charge is -2.34. The first-order valence-electron chi connectivity index (χ1n) is 10.3. The summed E-state index contributed by atoms with van der Waals surface area (Å²) in [6.45, 7) is 2.91. The van der Waals surface area contributed by atoms with Gasteiger partial charge in [-0.2, -0.15) is 4.68 Å². The second kappa shape index (κ2) is 8.43. The Balaban J connectivity index is 1.24. The van der Waals surface area contributed by atoms with Crippen LogP contribution in [0.2, 0.25) is 0 Å². The van der Waals surface area contributed by atoms with Crippen molar-refractivity contribution in [1.29, 1.82) is 0 Å². The molecule has 32 heavy (non-hydrogen) atoms. The molecule has 1 aliphatic heterocycles. The molecule has 1 saturated heterocycles. The van der Waals surface area contributed by atoms with E-state index in [4.69, 9.17) is 0 Å². The summed E-state index contributed by atoms with van der Waals surface area (Å²) in [5.74, 6) is -1.34. The van der Waals surface area contributed by atoms with E-state index in [1.54, 1.807) is 0 Å². The zero-order chi connectivity index (χ0) is 22.1. The Bertz CT molecular complexity index is 1280. The minimum absolute atomic E-state index is 0.0158. The largest absolute Gasteiger partial charge is 0.336 e. The van der Waals surface area contributed by atoms with E-state index in [9.17, 15) is 13.6 Å². The highest BCUT2D eigenvalue weighted by Gasteiger charge is 2.24. The van der Waals surface area contributed by atoms with Crippen LogP contribution in [0.1, 0.15) is 16.2 Å². The van der Waals surface area contributed by atoms with Crippen LogP contribution in [0.5, 0.6) is 0 Å². The third kappa shape index (κ3) is 3.94. The summed E-state index contributed by atoms with van der Waals surface area (Å²) < 4.78 is 28.2. The third-order valence-corrected chi connectivity index (χ3v) is 5.70. The van der Waals surface area contributed by atoms with Gasteiger partial charge in [-0.15, -0.1) is 5.10 Å². The number of hydrogen-bond donors (Lipinski definition) is 0. The molecule has 0 bridgehead atoms. The minimum atomic E-state index is -0.954. The lowest BCUT2D eigenvalue weighted by molar-refractivity contribution is 0.0624. The van der Waals surface area contributed by atoms with Gasteiger partial charge in [-0.05, 0) is 45.5 Å².